The van der Waals surface area contributed by atoms with Gasteiger partial charge in [-0.15, -0.1) is 0 Å². The van der Waals surface area contributed by atoms with Crippen LogP contribution in [0.1, 0.15) is 30.2 Å². The lowest BCUT2D eigenvalue weighted by molar-refractivity contribution is 0.106. The van der Waals surface area contributed by atoms with E-state index in [0.717, 1.165) is 84.6 Å². The highest BCUT2D eigenvalue weighted by Gasteiger charge is 2.24. The standard InChI is InChI=1S/C26H31ClN4O/c1-3-23(32)18-30-12-14-31(15-13-30)26-24(17-20-8-7-11-22(27)16-20)19(2)28-25(29-26)21-9-5-4-6-10-21/h4-11,16,23,32H,3,12-15,17-18H2,1-2H3/t23-/m0/s1. The zero-order valence-corrected chi connectivity index (χ0v) is 19.6. The number of rotatable bonds is 7. The van der Waals surface area contributed by atoms with E-state index in [1.54, 1.807) is 0 Å². The molecule has 0 saturated carbocycles. The number of halogens is 1. The second kappa shape index (κ2) is 10.4. The number of aryl methyl sites for hydroxylation is 1. The van der Waals surface area contributed by atoms with Gasteiger partial charge < -0.3 is 10.0 Å². The van der Waals surface area contributed by atoms with Gasteiger partial charge in [0.05, 0.1) is 6.10 Å². The van der Waals surface area contributed by atoms with E-state index < -0.39 is 0 Å². The van der Waals surface area contributed by atoms with Crippen molar-refractivity contribution in [3.63, 3.8) is 0 Å². The second-order valence-corrected chi connectivity index (χ2v) is 8.89. The minimum absolute atomic E-state index is 0.258. The number of hydrogen-bond donors (Lipinski definition) is 1. The molecule has 2 heterocycles. The highest BCUT2D eigenvalue weighted by atomic mass is 35.5. The van der Waals surface area contributed by atoms with Crippen LogP contribution in [0.4, 0.5) is 5.82 Å². The van der Waals surface area contributed by atoms with Crippen LogP contribution in [0.15, 0.2) is 54.6 Å². The van der Waals surface area contributed by atoms with Gasteiger partial charge in [0.1, 0.15) is 5.82 Å². The molecule has 0 unspecified atom stereocenters. The van der Waals surface area contributed by atoms with Gasteiger partial charge in [-0.1, -0.05) is 61.0 Å². The molecule has 32 heavy (non-hydrogen) atoms. The molecule has 1 aromatic heterocycles. The van der Waals surface area contributed by atoms with Crippen LogP contribution in [0.25, 0.3) is 11.4 Å². The molecule has 0 aliphatic carbocycles. The van der Waals surface area contributed by atoms with Gasteiger partial charge in [0.2, 0.25) is 0 Å². The van der Waals surface area contributed by atoms with Crippen molar-refractivity contribution < 1.29 is 5.11 Å². The van der Waals surface area contributed by atoms with Crippen molar-refractivity contribution in [1.29, 1.82) is 0 Å². The Morgan fingerprint density at radius 2 is 1.75 bits per heavy atom. The molecule has 5 nitrogen and oxygen atoms in total. The summed E-state index contributed by atoms with van der Waals surface area (Å²) in [6, 6.07) is 18.2. The van der Waals surface area contributed by atoms with Gasteiger partial charge in [-0.2, -0.15) is 0 Å². The van der Waals surface area contributed by atoms with Gasteiger partial charge in [0.25, 0.3) is 0 Å². The minimum atomic E-state index is -0.258. The predicted molar refractivity (Wildman–Crippen MR) is 131 cm³/mol. The molecule has 0 bridgehead atoms. The topological polar surface area (TPSA) is 52.5 Å². The van der Waals surface area contributed by atoms with E-state index >= 15 is 0 Å². The lowest BCUT2D eigenvalue weighted by atomic mass is 10.0. The van der Waals surface area contributed by atoms with E-state index in [1.165, 1.54) is 0 Å². The molecule has 2 aromatic carbocycles. The van der Waals surface area contributed by atoms with E-state index in [2.05, 4.69) is 34.9 Å². The lowest BCUT2D eigenvalue weighted by Crippen LogP contribution is -2.49. The summed E-state index contributed by atoms with van der Waals surface area (Å²) in [5.41, 5.74) is 4.32. The summed E-state index contributed by atoms with van der Waals surface area (Å²) in [5.74, 6) is 1.77. The van der Waals surface area contributed by atoms with Crippen molar-refractivity contribution in [3.8, 4) is 11.4 Å². The number of nitrogens with zero attached hydrogens (tertiary/aromatic N) is 4. The molecule has 0 amide bonds. The highest BCUT2D eigenvalue weighted by molar-refractivity contribution is 6.30. The molecular weight excluding hydrogens is 420 g/mol. The summed E-state index contributed by atoms with van der Waals surface area (Å²) in [4.78, 5) is 14.6. The summed E-state index contributed by atoms with van der Waals surface area (Å²) in [7, 11) is 0. The van der Waals surface area contributed by atoms with Crippen LogP contribution in [0.3, 0.4) is 0 Å². The molecular formula is C26H31ClN4O. The molecule has 0 radical (unpaired) electrons. The van der Waals surface area contributed by atoms with Gasteiger partial charge in [-0.3, -0.25) is 4.90 Å². The first kappa shape index (κ1) is 22.7. The van der Waals surface area contributed by atoms with Crippen molar-refractivity contribution in [2.45, 2.75) is 32.8 Å². The number of aromatic nitrogens is 2. The quantitative estimate of drug-likeness (QED) is 0.570. The van der Waals surface area contributed by atoms with Crippen molar-refractivity contribution in [2.24, 2.45) is 0 Å². The normalized spacial score (nSPS) is 15.7. The second-order valence-electron chi connectivity index (χ2n) is 8.46. The molecule has 6 heteroatoms. The molecule has 0 spiro atoms. The van der Waals surface area contributed by atoms with E-state index in [9.17, 15) is 5.11 Å². The smallest absolute Gasteiger partial charge is 0.161 e. The Balaban J connectivity index is 1.65. The van der Waals surface area contributed by atoms with Crippen molar-refractivity contribution in [2.75, 3.05) is 37.6 Å². The fourth-order valence-corrected chi connectivity index (χ4v) is 4.40. The van der Waals surface area contributed by atoms with Crippen molar-refractivity contribution in [1.82, 2.24) is 14.9 Å². The molecule has 1 atom stereocenters. The fourth-order valence-electron chi connectivity index (χ4n) is 4.19. The fraction of sp³-hybridized carbons (Fsp3) is 0.385. The summed E-state index contributed by atoms with van der Waals surface area (Å²) >= 11 is 6.25. The van der Waals surface area contributed by atoms with Crippen LogP contribution in [0, 0.1) is 6.92 Å². The molecule has 1 aliphatic heterocycles. The SMILES string of the molecule is CC[C@H](O)CN1CCN(c2nc(-c3ccccc3)nc(C)c2Cc2cccc(Cl)c2)CC1. The average molecular weight is 451 g/mol. The third-order valence-corrected chi connectivity index (χ3v) is 6.34. The van der Waals surface area contributed by atoms with Crippen LogP contribution >= 0.6 is 11.6 Å². The maximum Gasteiger partial charge on any atom is 0.161 e. The molecule has 4 rings (SSSR count). The zero-order valence-electron chi connectivity index (χ0n) is 18.8. The number of aliphatic hydroxyl groups excluding tert-OH is 1. The van der Waals surface area contributed by atoms with E-state index in [1.807, 2.05) is 43.3 Å². The molecule has 1 aliphatic rings. The molecule has 1 saturated heterocycles. The van der Waals surface area contributed by atoms with Crippen LogP contribution in [-0.2, 0) is 6.42 Å². The first-order valence-electron chi connectivity index (χ1n) is 11.4. The number of hydrogen-bond acceptors (Lipinski definition) is 5. The van der Waals surface area contributed by atoms with Gasteiger partial charge in [-0.05, 0) is 31.0 Å². The first-order valence-corrected chi connectivity index (χ1v) is 11.7. The minimum Gasteiger partial charge on any atom is -0.392 e. The van der Waals surface area contributed by atoms with Crippen molar-refractivity contribution >= 4 is 17.4 Å². The third-order valence-electron chi connectivity index (χ3n) is 6.11. The Bertz CT molecular complexity index is 1040. The van der Waals surface area contributed by atoms with Gasteiger partial charge in [0.15, 0.2) is 5.82 Å². The zero-order chi connectivity index (χ0) is 22.5. The van der Waals surface area contributed by atoms with Gasteiger partial charge in [0, 0.05) is 61.0 Å². The Kier molecular flexibility index (Phi) is 7.40. The third kappa shape index (κ3) is 5.47. The Morgan fingerprint density at radius 1 is 1.00 bits per heavy atom. The summed E-state index contributed by atoms with van der Waals surface area (Å²) in [6.07, 6.45) is 1.27. The number of anilines is 1. The molecule has 3 aromatic rings. The summed E-state index contributed by atoms with van der Waals surface area (Å²) in [5, 5.41) is 10.8. The van der Waals surface area contributed by atoms with E-state index in [0.29, 0.717) is 0 Å². The first-order chi connectivity index (χ1) is 15.5. The Hall–Kier alpha value is -2.47. The van der Waals surface area contributed by atoms with E-state index in [4.69, 9.17) is 21.6 Å². The number of β-amino-alcohol motifs (C(OH)–C–C–N with tert-alkyl or cyclic N) is 1. The number of aliphatic hydroxyl groups is 1. The number of benzene rings is 2. The predicted octanol–water partition coefficient (Wildman–Crippen LogP) is 4.59. The highest BCUT2D eigenvalue weighted by Crippen LogP contribution is 2.29. The summed E-state index contributed by atoms with van der Waals surface area (Å²) < 4.78 is 0. The molecule has 1 N–H and O–H groups in total. The lowest BCUT2D eigenvalue weighted by Gasteiger charge is -2.37. The van der Waals surface area contributed by atoms with Crippen LogP contribution < -0.4 is 4.90 Å². The number of piperazine rings is 1. The van der Waals surface area contributed by atoms with Crippen LogP contribution in [0.2, 0.25) is 5.02 Å². The van der Waals surface area contributed by atoms with Crippen molar-refractivity contribution in [3.05, 3.63) is 76.4 Å². The largest absolute Gasteiger partial charge is 0.392 e. The Morgan fingerprint density at radius 3 is 2.44 bits per heavy atom. The van der Waals surface area contributed by atoms with Crippen LogP contribution in [-0.4, -0.2) is 58.8 Å². The Labute approximate surface area is 195 Å². The maximum atomic E-state index is 10.0. The summed E-state index contributed by atoms with van der Waals surface area (Å²) in [6.45, 7) is 8.42. The van der Waals surface area contributed by atoms with Crippen LogP contribution in [0.5, 0.6) is 0 Å². The van der Waals surface area contributed by atoms with Gasteiger partial charge in [-0.25, -0.2) is 9.97 Å². The van der Waals surface area contributed by atoms with Gasteiger partial charge >= 0.3 is 0 Å². The maximum absolute atomic E-state index is 10.0. The molecule has 168 valence electrons. The monoisotopic (exact) mass is 450 g/mol. The molecule has 1 fully saturated rings. The van der Waals surface area contributed by atoms with E-state index in [-0.39, 0.29) is 6.10 Å². The average Bonchev–Trinajstić information content (AvgIpc) is 2.81.